The van der Waals surface area contributed by atoms with Gasteiger partial charge < -0.3 is 33.9 Å². The number of aliphatic imine (C=N–C) groups is 1. The van der Waals surface area contributed by atoms with Gasteiger partial charge in [0, 0.05) is 26.1 Å². The van der Waals surface area contributed by atoms with Crippen molar-refractivity contribution in [1.82, 2.24) is 19.8 Å². The van der Waals surface area contributed by atoms with E-state index in [2.05, 4.69) is 17.1 Å². The van der Waals surface area contributed by atoms with Crippen LogP contribution >= 0.6 is 0 Å². The van der Waals surface area contributed by atoms with Gasteiger partial charge in [0.05, 0.1) is 52.1 Å². The topological polar surface area (TPSA) is 162 Å². The monoisotopic (exact) mass is 688 g/mol. The molecule has 0 aliphatic carbocycles. The van der Waals surface area contributed by atoms with Gasteiger partial charge in [0.1, 0.15) is 25.3 Å². The van der Waals surface area contributed by atoms with Crippen molar-refractivity contribution >= 4 is 52.6 Å². The third-order valence-electron chi connectivity index (χ3n) is 9.12. The van der Waals surface area contributed by atoms with E-state index in [9.17, 15) is 24.0 Å². The number of unbranched alkanes of at least 4 members (excludes halogenated alkanes) is 2. The van der Waals surface area contributed by atoms with Crippen LogP contribution in [0.15, 0.2) is 34.1 Å². The van der Waals surface area contributed by atoms with Gasteiger partial charge in [-0.15, -0.1) is 0 Å². The molecule has 3 aromatic rings. The molecule has 0 unspecified atom stereocenters. The molecule has 0 bridgehead atoms. The number of benzene rings is 1. The largest absolute Gasteiger partial charge is 0.457 e. The van der Waals surface area contributed by atoms with Gasteiger partial charge in [-0.25, -0.2) is 19.6 Å². The molecule has 0 radical (unpaired) electrons. The molecule has 0 spiro atoms. The van der Waals surface area contributed by atoms with E-state index in [-0.39, 0.29) is 37.7 Å². The number of hydrogen-bond acceptors (Lipinski definition) is 11. The molecule has 3 aliphatic heterocycles. The second-order valence-electron chi connectivity index (χ2n) is 13.8. The van der Waals surface area contributed by atoms with Crippen molar-refractivity contribution in [3.05, 3.63) is 51.3 Å². The summed E-state index contributed by atoms with van der Waals surface area (Å²) in [6, 6.07) is 7.48. The number of amides is 2. The van der Waals surface area contributed by atoms with E-state index in [4.69, 9.17) is 24.2 Å². The Kier molecular flexibility index (Phi) is 9.14. The zero-order chi connectivity index (χ0) is 36.0. The number of esters is 2. The summed E-state index contributed by atoms with van der Waals surface area (Å²) in [6.45, 7) is 8.68. The highest BCUT2D eigenvalue weighted by Crippen LogP contribution is 2.47. The summed E-state index contributed by atoms with van der Waals surface area (Å²) in [4.78, 5) is 78.7. The highest BCUT2D eigenvalue weighted by atomic mass is 16.6. The summed E-state index contributed by atoms with van der Waals surface area (Å²) in [5.41, 5.74) is 1.89. The fraction of sp³-hybridized carbons (Fsp3) is 0.472. The number of alkyl carbamates (subject to hydrolysis) is 1. The van der Waals surface area contributed by atoms with Crippen LogP contribution in [0.2, 0.25) is 0 Å². The summed E-state index contributed by atoms with van der Waals surface area (Å²) in [7, 11) is 1.37. The Bertz CT molecular complexity index is 2000. The van der Waals surface area contributed by atoms with Crippen LogP contribution in [0.4, 0.5) is 16.2 Å². The molecule has 1 aromatic carbocycles. The number of nitrogens with zero attached hydrogens (tertiary/aromatic N) is 5. The number of aromatic nitrogens is 2. The molecule has 2 aromatic heterocycles. The van der Waals surface area contributed by atoms with E-state index in [0.717, 1.165) is 58.5 Å². The summed E-state index contributed by atoms with van der Waals surface area (Å²) < 4.78 is 18.1. The zero-order valence-electron chi connectivity index (χ0n) is 29.3. The number of fused-ring (bicyclic) bond motifs is 5. The number of hydrogen-bond donors (Lipinski definition) is 1. The fourth-order valence-electron chi connectivity index (χ4n) is 6.67. The standard InChI is InChI=1S/C36H42N6O8.H2/c1-7-9-10-14-41-20-38-24-12-11-13-25-29(24)31(41)21-17-42-26(30(21)39-25)15-23-22(32(42)45)19-48-33(46)36(23,8-2)49-28(44)18-40(6)27(43)16-37-34(47)50-35(3,4)5;/h11-13,15,20H,7-10,14,16-19H2,1-6H3,(H,37,47);1H/t36-;/m0./s1. The summed E-state index contributed by atoms with van der Waals surface area (Å²) >= 11 is 0. The molecule has 0 saturated heterocycles. The molecule has 1 atom stereocenters. The Morgan fingerprint density at radius 2 is 1.92 bits per heavy atom. The molecule has 3 aliphatic rings. The first kappa shape index (κ1) is 34.6. The lowest BCUT2D eigenvalue weighted by Gasteiger charge is -2.36. The maximum absolute atomic E-state index is 14.2. The Morgan fingerprint density at radius 1 is 1.14 bits per heavy atom. The molecule has 0 saturated carbocycles. The average Bonchev–Trinajstić information content (AvgIpc) is 3.44. The molecular formula is C36H44N6O8. The van der Waals surface area contributed by atoms with Gasteiger partial charge in [0.15, 0.2) is 0 Å². The van der Waals surface area contributed by atoms with Gasteiger partial charge >= 0.3 is 18.0 Å². The summed E-state index contributed by atoms with van der Waals surface area (Å²) in [5.74, 6) is -2.29. The first-order valence-corrected chi connectivity index (χ1v) is 16.9. The Balaban J connectivity index is 0.00000504. The molecule has 14 heteroatoms. The van der Waals surface area contributed by atoms with Crippen molar-refractivity contribution in [1.29, 1.82) is 0 Å². The van der Waals surface area contributed by atoms with E-state index in [1.807, 2.05) is 24.5 Å². The maximum Gasteiger partial charge on any atom is 0.408 e. The normalized spacial score (nSPS) is 17.1. The maximum atomic E-state index is 14.2. The number of ether oxygens (including phenoxy) is 3. The van der Waals surface area contributed by atoms with E-state index in [0.29, 0.717) is 11.4 Å². The Morgan fingerprint density at radius 3 is 2.64 bits per heavy atom. The van der Waals surface area contributed by atoms with Crippen molar-refractivity contribution in [2.45, 2.75) is 84.7 Å². The zero-order valence-corrected chi connectivity index (χ0v) is 29.3. The highest BCUT2D eigenvalue weighted by Gasteiger charge is 2.50. The number of likely N-dealkylation sites (N-methyl/N-ethyl adjacent to an activating group) is 1. The number of anilines is 1. The van der Waals surface area contributed by atoms with Gasteiger partial charge in [0.2, 0.25) is 11.5 Å². The van der Waals surface area contributed by atoms with Crippen LogP contribution in [0.25, 0.3) is 22.3 Å². The van der Waals surface area contributed by atoms with Gasteiger partial charge in [-0.3, -0.25) is 14.4 Å². The third-order valence-corrected chi connectivity index (χ3v) is 9.12. The number of pyridine rings is 2. The number of cyclic esters (lactones) is 1. The smallest absolute Gasteiger partial charge is 0.408 e. The predicted molar refractivity (Wildman–Crippen MR) is 187 cm³/mol. The van der Waals surface area contributed by atoms with E-state index in [1.54, 1.807) is 38.3 Å². The van der Waals surface area contributed by atoms with Crippen LogP contribution in [0, 0.1) is 0 Å². The molecule has 50 heavy (non-hydrogen) atoms. The second-order valence-corrected chi connectivity index (χ2v) is 13.8. The Hall–Kier alpha value is -5.27. The van der Waals surface area contributed by atoms with Crippen molar-refractivity contribution in [3.8, 4) is 11.4 Å². The van der Waals surface area contributed by atoms with Crippen LogP contribution in [-0.4, -0.2) is 77.0 Å². The van der Waals surface area contributed by atoms with Gasteiger partial charge in [-0.1, -0.05) is 32.8 Å². The minimum atomic E-state index is -1.93. The number of carbonyl (C=O) groups is 4. The molecule has 266 valence electrons. The van der Waals surface area contributed by atoms with Crippen molar-refractivity contribution in [2.24, 2.45) is 4.99 Å². The summed E-state index contributed by atoms with van der Waals surface area (Å²) in [5, 5.41) is 3.28. The lowest BCUT2D eigenvalue weighted by Crippen LogP contribution is -2.49. The van der Waals surface area contributed by atoms with Crippen LogP contribution in [0.1, 0.15) is 78.4 Å². The third kappa shape index (κ3) is 6.18. The fourth-order valence-corrected chi connectivity index (χ4v) is 6.67. The van der Waals surface area contributed by atoms with Crippen molar-refractivity contribution < 1.29 is 34.8 Å². The molecule has 1 N–H and O–H groups in total. The predicted octanol–water partition coefficient (Wildman–Crippen LogP) is 4.53. The SMILES string of the molecule is CCCCCN1C=Nc2cccc3nc4c(c1c23)Cn1c-4cc2c(c1=O)COC(=O)[C@@]2(CC)OC(=O)CN(C)C(=O)CNC(=O)OC(C)(C)C.[HH]. The van der Waals surface area contributed by atoms with E-state index in [1.165, 1.54) is 7.05 Å². The number of nitrogens with one attached hydrogen (secondary N) is 1. The van der Waals surface area contributed by atoms with Crippen LogP contribution in [-0.2, 0) is 47.3 Å². The molecule has 5 heterocycles. The highest BCUT2D eigenvalue weighted by molar-refractivity contribution is 6.11. The summed E-state index contributed by atoms with van der Waals surface area (Å²) in [6.07, 6.45) is 4.13. The van der Waals surface area contributed by atoms with Gasteiger partial charge in [0.25, 0.3) is 5.56 Å². The molecule has 2 amide bonds. The average molecular weight is 689 g/mol. The minimum Gasteiger partial charge on any atom is -0.457 e. The number of rotatable bonds is 10. The van der Waals surface area contributed by atoms with E-state index >= 15 is 0 Å². The van der Waals surface area contributed by atoms with E-state index < -0.39 is 48.2 Å². The minimum absolute atomic E-state index is 0. The molecular weight excluding hydrogens is 644 g/mol. The first-order valence-electron chi connectivity index (χ1n) is 16.9. The van der Waals surface area contributed by atoms with Crippen LogP contribution < -0.4 is 15.8 Å². The van der Waals surface area contributed by atoms with Gasteiger partial charge in [-0.2, -0.15) is 0 Å². The van der Waals surface area contributed by atoms with Crippen molar-refractivity contribution in [3.63, 3.8) is 0 Å². The quantitative estimate of drug-likeness (QED) is 0.142. The molecule has 0 fully saturated rings. The number of carbonyl (C=O) groups excluding carboxylic acids is 4. The molecule has 6 rings (SSSR count). The lowest BCUT2D eigenvalue weighted by atomic mass is 9.85. The lowest BCUT2D eigenvalue weighted by molar-refractivity contribution is -0.190. The van der Waals surface area contributed by atoms with Crippen LogP contribution in [0.5, 0.6) is 0 Å². The van der Waals surface area contributed by atoms with Gasteiger partial charge in [-0.05, 0) is 51.8 Å². The van der Waals surface area contributed by atoms with Crippen molar-refractivity contribution in [2.75, 3.05) is 31.6 Å². The molecule has 14 nitrogen and oxygen atoms in total. The van der Waals surface area contributed by atoms with Crippen LogP contribution in [0.3, 0.4) is 0 Å². The Labute approximate surface area is 290 Å². The first-order chi connectivity index (χ1) is 23.8. The second kappa shape index (κ2) is 13.2.